The summed E-state index contributed by atoms with van der Waals surface area (Å²) in [6.07, 6.45) is 3.03. The van der Waals surface area contributed by atoms with Crippen LogP contribution in [0.4, 0.5) is 11.4 Å². The predicted octanol–water partition coefficient (Wildman–Crippen LogP) is 2.08. The van der Waals surface area contributed by atoms with Gasteiger partial charge in [-0.2, -0.15) is 10.2 Å². The number of hydrogen-bond acceptors (Lipinski definition) is 5. The van der Waals surface area contributed by atoms with Crippen LogP contribution in [0.15, 0.2) is 48.8 Å². The standard InChI is InChI=1S/C19H20N6O4/c1-2-25-16(6-9-20-25)19(29)22-14-5-3-4-13(12-14)21-18(28)15-7-10-24(23-15)11-8-17(26)27/h3-7,9-10,12H,2,8,11H2,1H3,(H,21,28)(H,22,29)(H,26,27). The zero-order valence-corrected chi connectivity index (χ0v) is 15.7. The lowest BCUT2D eigenvalue weighted by Gasteiger charge is -2.09. The molecule has 150 valence electrons. The van der Waals surface area contributed by atoms with Crippen LogP contribution in [0.1, 0.15) is 34.3 Å². The number of aromatic nitrogens is 4. The Morgan fingerprint density at radius 1 is 1.07 bits per heavy atom. The van der Waals surface area contributed by atoms with E-state index in [1.165, 1.54) is 10.7 Å². The van der Waals surface area contributed by atoms with E-state index in [0.717, 1.165) is 0 Å². The van der Waals surface area contributed by atoms with Crippen molar-refractivity contribution in [1.29, 1.82) is 0 Å². The number of amides is 2. The number of aryl methyl sites for hydroxylation is 2. The summed E-state index contributed by atoms with van der Waals surface area (Å²) in [6.45, 7) is 2.65. The molecule has 0 saturated heterocycles. The summed E-state index contributed by atoms with van der Waals surface area (Å²) >= 11 is 0. The van der Waals surface area contributed by atoms with Crippen molar-refractivity contribution < 1.29 is 19.5 Å². The molecular formula is C19H20N6O4. The molecule has 0 saturated carbocycles. The highest BCUT2D eigenvalue weighted by atomic mass is 16.4. The molecule has 0 aliphatic rings. The molecule has 3 aromatic rings. The molecule has 1 aromatic carbocycles. The van der Waals surface area contributed by atoms with Gasteiger partial charge in [0.05, 0.1) is 13.0 Å². The molecule has 2 amide bonds. The maximum Gasteiger partial charge on any atom is 0.305 e. The minimum atomic E-state index is -0.938. The summed E-state index contributed by atoms with van der Waals surface area (Å²) in [6, 6.07) is 9.86. The van der Waals surface area contributed by atoms with E-state index >= 15 is 0 Å². The number of hydrogen-bond donors (Lipinski definition) is 3. The molecule has 2 heterocycles. The van der Waals surface area contributed by atoms with Crippen LogP contribution >= 0.6 is 0 Å². The van der Waals surface area contributed by atoms with Gasteiger partial charge in [0.2, 0.25) is 0 Å². The van der Waals surface area contributed by atoms with Gasteiger partial charge in [0, 0.05) is 30.3 Å². The quantitative estimate of drug-likeness (QED) is 0.534. The smallest absolute Gasteiger partial charge is 0.305 e. The second-order valence-corrected chi connectivity index (χ2v) is 6.13. The van der Waals surface area contributed by atoms with Crippen molar-refractivity contribution in [3.8, 4) is 0 Å². The first-order valence-electron chi connectivity index (χ1n) is 8.96. The van der Waals surface area contributed by atoms with E-state index < -0.39 is 11.9 Å². The Hall–Kier alpha value is -3.95. The fourth-order valence-electron chi connectivity index (χ4n) is 2.66. The van der Waals surface area contributed by atoms with E-state index in [2.05, 4.69) is 20.8 Å². The van der Waals surface area contributed by atoms with Gasteiger partial charge in [-0.05, 0) is 37.3 Å². The van der Waals surface area contributed by atoms with Crippen LogP contribution in [-0.2, 0) is 17.9 Å². The molecule has 0 aliphatic carbocycles. The average molecular weight is 396 g/mol. The molecule has 2 aromatic heterocycles. The number of carboxylic acid groups (broad SMARTS) is 1. The molecule has 0 fully saturated rings. The molecule has 10 nitrogen and oxygen atoms in total. The number of nitrogens with zero attached hydrogens (tertiary/aromatic N) is 4. The molecule has 3 rings (SSSR count). The number of benzene rings is 1. The van der Waals surface area contributed by atoms with Crippen LogP contribution in [-0.4, -0.2) is 42.5 Å². The van der Waals surface area contributed by atoms with Crippen LogP contribution in [0.5, 0.6) is 0 Å². The highest BCUT2D eigenvalue weighted by Gasteiger charge is 2.13. The molecular weight excluding hydrogens is 376 g/mol. The van der Waals surface area contributed by atoms with Crippen LogP contribution < -0.4 is 10.6 Å². The number of carbonyl (C=O) groups is 3. The van der Waals surface area contributed by atoms with E-state index in [1.807, 2.05) is 6.92 Å². The van der Waals surface area contributed by atoms with Gasteiger partial charge in [-0.25, -0.2) is 0 Å². The molecule has 0 bridgehead atoms. The monoisotopic (exact) mass is 396 g/mol. The first-order valence-corrected chi connectivity index (χ1v) is 8.96. The minimum Gasteiger partial charge on any atom is -0.481 e. The zero-order valence-electron chi connectivity index (χ0n) is 15.7. The Balaban J connectivity index is 1.64. The van der Waals surface area contributed by atoms with Gasteiger partial charge in [-0.3, -0.25) is 23.7 Å². The van der Waals surface area contributed by atoms with Gasteiger partial charge in [0.25, 0.3) is 11.8 Å². The Labute approximate surface area is 166 Å². The van der Waals surface area contributed by atoms with Gasteiger partial charge in [-0.15, -0.1) is 0 Å². The van der Waals surface area contributed by atoms with Crippen LogP contribution in [0.3, 0.4) is 0 Å². The van der Waals surface area contributed by atoms with Gasteiger partial charge >= 0.3 is 5.97 Å². The molecule has 0 radical (unpaired) electrons. The number of aliphatic carboxylic acids is 1. The van der Waals surface area contributed by atoms with E-state index in [0.29, 0.717) is 23.6 Å². The largest absolute Gasteiger partial charge is 0.481 e. The molecule has 10 heteroatoms. The number of nitrogens with one attached hydrogen (secondary N) is 2. The Morgan fingerprint density at radius 3 is 2.48 bits per heavy atom. The topological polar surface area (TPSA) is 131 Å². The zero-order chi connectivity index (χ0) is 20.8. The SMILES string of the molecule is CCn1nccc1C(=O)Nc1cccc(NC(=O)c2ccn(CCC(=O)O)n2)c1. The summed E-state index contributed by atoms with van der Waals surface area (Å²) in [5, 5.41) is 22.3. The highest BCUT2D eigenvalue weighted by Crippen LogP contribution is 2.17. The number of carbonyl (C=O) groups excluding carboxylic acids is 2. The van der Waals surface area contributed by atoms with E-state index in [1.54, 1.807) is 47.4 Å². The molecule has 3 N–H and O–H groups in total. The number of rotatable bonds is 8. The van der Waals surface area contributed by atoms with Crippen molar-refractivity contribution >= 4 is 29.2 Å². The lowest BCUT2D eigenvalue weighted by Crippen LogP contribution is -2.18. The Morgan fingerprint density at radius 2 is 1.79 bits per heavy atom. The summed E-state index contributed by atoms with van der Waals surface area (Å²) in [5.74, 6) is -1.68. The third-order valence-electron chi connectivity index (χ3n) is 4.06. The third-order valence-corrected chi connectivity index (χ3v) is 4.06. The second kappa shape index (κ2) is 8.83. The maximum absolute atomic E-state index is 12.4. The summed E-state index contributed by atoms with van der Waals surface area (Å²) < 4.78 is 2.98. The van der Waals surface area contributed by atoms with Crippen molar-refractivity contribution in [2.75, 3.05) is 10.6 Å². The van der Waals surface area contributed by atoms with E-state index in [9.17, 15) is 14.4 Å². The fraction of sp³-hybridized carbons (Fsp3) is 0.211. The van der Waals surface area contributed by atoms with E-state index in [-0.39, 0.29) is 24.6 Å². The van der Waals surface area contributed by atoms with Gasteiger partial charge < -0.3 is 15.7 Å². The van der Waals surface area contributed by atoms with Crippen LogP contribution in [0.25, 0.3) is 0 Å². The lowest BCUT2D eigenvalue weighted by atomic mass is 10.2. The third kappa shape index (κ3) is 5.06. The lowest BCUT2D eigenvalue weighted by molar-refractivity contribution is -0.137. The molecule has 0 unspecified atom stereocenters. The van der Waals surface area contributed by atoms with Crippen LogP contribution in [0, 0.1) is 0 Å². The Bertz CT molecular complexity index is 1040. The van der Waals surface area contributed by atoms with Gasteiger partial charge in [-0.1, -0.05) is 6.07 Å². The maximum atomic E-state index is 12.4. The summed E-state index contributed by atoms with van der Waals surface area (Å²) in [4.78, 5) is 35.4. The first kappa shape index (κ1) is 19.8. The first-order chi connectivity index (χ1) is 14.0. The van der Waals surface area contributed by atoms with Crippen molar-refractivity contribution in [3.63, 3.8) is 0 Å². The summed E-state index contributed by atoms with van der Waals surface area (Å²) in [7, 11) is 0. The highest BCUT2D eigenvalue weighted by molar-refractivity contribution is 6.05. The van der Waals surface area contributed by atoms with Gasteiger partial charge in [0.1, 0.15) is 5.69 Å². The minimum absolute atomic E-state index is 0.0819. The van der Waals surface area contributed by atoms with Gasteiger partial charge in [0.15, 0.2) is 5.69 Å². The molecule has 0 aliphatic heterocycles. The average Bonchev–Trinajstić information content (AvgIpc) is 3.36. The second-order valence-electron chi connectivity index (χ2n) is 6.13. The van der Waals surface area contributed by atoms with Crippen molar-refractivity contribution in [2.45, 2.75) is 26.4 Å². The molecule has 0 atom stereocenters. The Kier molecular flexibility index (Phi) is 6.03. The molecule has 29 heavy (non-hydrogen) atoms. The molecule has 0 spiro atoms. The van der Waals surface area contributed by atoms with Crippen molar-refractivity contribution in [3.05, 3.63) is 60.2 Å². The number of anilines is 2. The van der Waals surface area contributed by atoms with Crippen molar-refractivity contribution in [1.82, 2.24) is 19.6 Å². The predicted molar refractivity (Wildman–Crippen MR) is 105 cm³/mol. The van der Waals surface area contributed by atoms with E-state index in [4.69, 9.17) is 5.11 Å². The normalized spacial score (nSPS) is 10.5. The summed E-state index contributed by atoms with van der Waals surface area (Å²) in [5.41, 5.74) is 1.60. The van der Waals surface area contributed by atoms with Crippen molar-refractivity contribution in [2.24, 2.45) is 0 Å². The fourth-order valence-corrected chi connectivity index (χ4v) is 2.66. The van der Waals surface area contributed by atoms with Crippen LogP contribution in [0.2, 0.25) is 0 Å². The number of carboxylic acids is 1.